The Morgan fingerprint density at radius 3 is 2.11 bits per heavy atom. The van der Waals surface area contributed by atoms with Crippen LogP contribution >= 0.6 is 0 Å². The Balaban J connectivity index is 1.66. The summed E-state index contributed by atoms with van der Waals surface area (Å²) in [5.74, 6) is -2.96. The van der Waals surface area contributed by atoms with Crippen LogP contribution < -0.4 is 16.2 Å². The standard InChI is InChI=1S/C26H40N4O6/c1-24(2,3)30(23(35)36)17(14-9-7-6-8-10-14)22(34)29-13-15-16(25(15,4)5)18(29)21(33)28-26(11-12-26)19(31)20(27)32/h14-18H,6-13H2,1-5H3,(H2,27,32)(H,28,33)(H,35,36)/p-1. The highest BCUT2D eigenvalue weighted by atomic mass is 16.4. The van der Waals surface area contributed by atoms with E-state index in [0.717, 1.165) is 37.0 Å². The van der Waals surface area contributed by atoms with Crippen molar-refractivity contribution in [3.63, 3.8) is 0 Å². The molecule has 1 heterocycles. The maximum Gasteiger partial charge on any atom is 0.287 e. The van der Waals surface area contributed by atoms with E-state index in [9.17, 15) is 29.1 Å². The molecule has 200 valence electrons. The van der Waals surface area contributed by atoms with Gasteiger partial charge in [0.2, 0.25) is 17.6 Å². The fraction of sp³-hybridized carbons (Fsp3) is 0.808. The molecule has 0 bridgehead atoms. The number of carbonyl (C=O) groups is 5. The number of nitrogens with two attached hydrogens (primary N) is 1. The van der Waals surface area contributed by atoms with E-state index in [1.54, 1.807) is 20.8 Å². The summed E-state index contributed by atoms with van der Waals surface area (Å²) in [5, 5.41) is 15.1. The molecule has 0 aromatic rings. The second kappa shape index (κ2) is 8.73. The predicted octanol–water partition coefficient (Wildman–Crippen LogP) is 0.565. The Hall–Kier alpha value is -2.65. The summed E-state index contributed by atoms with van der Waals surface area (Å²) in [6.45, 7) is 9.67. The normalized spacial score (nSPS) is 29.0. The van der Waals surface area contributed by atoms with Crippen molar-refractivity contribution in [2.45, 2.75) is 103 Å². The lowest BCUT2D eigenvalue weighted by atomic mass is 9.81. The maximum atomic E-state index is 14.2. The van der Waals surface area contributed by atoms with Crippen LogP contribution in [0.2, 0.25) is 0 Å². The molecule has 0 aromatic heterocycles. The van der Waals surface area contributed by atoms with Gasteiger partial charge in [-0.1, -0.05) is 33.1 Å². The zero-order valence-corrected chi connectivity index (χ0v) is 22.0. The van der Waals surface area contributed by atoms with E-state index in [1.165, 1.54) is 4.90 Å². The van der Waals surface area contributed by atoms with Gasteiger partial charge < -0.3 is 30.8 Å². The first kappa shape index (κ1) is 26.4. The highest BCUT2D eigenvalue weighted by Gasteiger charge is 2.70. The smallest absolute Gasteiger partial charge is 0.287 e. The summed E-state index contributed by atoms with van der Waals surface area (Å²) >= 11 is 0. The number of carboxylic acid groups (broad SMARTS) is 1. The van der Waals surface area contributed by atoms with E-state index in [1.807, 2.05) is 13.8 Å². The Bertz CT molecular complexity index is 975. The first-order valence-electron chi connectivity index (χ1n) is 13.1. The quantitative estimate of drug-likeness (QED) is 0.484. The van der Waals surface area contributed by atoms with Crippen molar-refractivity contribution in [3.8, 4) is 0 Å². The number of amides is 4. The van der Waals surface area contributed by atoms with E-state index in [-0.39, 0.29) is 29.1 Å². The van der Waals surface area contributed by atoms with Crippen molar-refractivity contribution < 1.29 is 29.1 Å². The summed E-state index contributed by atoms with van der Waals surface area (Å²) in [6, 6.07) is -1.79. The van der Waals surface area contributed by atoms with Crippen LogP contribution in [0.3, 0.4) is 0 Å². The number of hydrogen-bond donors (Lipinski definition) is 2. The molecule has 1 aliphatic heterocycles. The first-order valence-corrected chi connectivity index (χ1v) is 13.1. The predicted molar refractivity (Wildman–Crippen MR) is 128 cm³/mol. The van der Waals surface area contributed by atoms with Crippen molar-refractivity contribution in [1.82, 2.24) is 15.1 Å². The van der Waals surface area contributed by atoms with Gasteiger partial charge >= 0.3 is 0 Å². The number of fused-ring (bicyclic) bond motifs is 1. The molecule has 0 spiro atoms. The van der Waals surface area contributed by atoms with Crippen molar-refractivity contribution in [1.29, 1.82) is 0 Å². The highest BCUT2D eigenvalue weighted by molar-refractivity contribution is 6.40. The minimum absolute atomic E-state index is 0.0947. The molecule has 10 heteroatoms. The van der Waals surface area contributed by atoms with E-state index < -0.39 is 46.9 Å². The topological polar surface area (TPSA) is 153 Å². The molecule has 10 nitrogen and oxygen atoms in total. The van der Waals surface area contributed by atoms with Crippen molar-refractivity contribution in [3.05, 3.63) is 0 Å². The Kier molecular flexibility index (Phi) is 6.41. The summed E-state index contributed by atoms with van der Waals surface area (Å²) in [5.41, 5.74) is 2.87. The van der Waals surface area contributed by atoms with Gasteiger partial charge in [0.05, 0.1) is 0 Å². The summed E-state index contributed by atoms with van der Waals surface area (Å²) < 4.78 is 0. The lowest BCUT2D eigenvalue weighted by Gasteiger charge is -2.48. The van der Waals surface area contributed by atoms with Gasteiger partial charge in [-0.2, -0.15) is 0 Å². The molecule has 1 saturated heterocycles. The van der Waals surface area contributed by atoms with Crippen LogP contribution in [0.5, 0.6) is 0 Å². The van der Waals surface area contributed by atoms with E-state index in [2.05, 4.69) is 5.32 Å². The molecular formula is C26H39N4O6-. The molecule has 4 atom stereocenters. The number of likely N-dealkylation sites (tertiary alicyclic amines) is 1. The van der Waals surface area contributed by atoms with E-state index >= 15 is 0 Å². The Morgan fingerprint density at radius 2 is 1.64 bits per heavy atom. The molecule has 3 N–H and O–H groups in total. The summed E-state index contributed by atoms with van der Waals surface area (Å²) in [6.07, 6.45) is 3.59. The van der Waals surface area contributed by atoms with Gasteiger partial charge in [-0.05, 0) is 69.6 Å². The van der Waals surface area contributed by atoms with Crippen molar-refractivity contribution in [2.75, 3.05) is 6.54 Å². The minimum atomic E-state index is -1.40. The molecule has 0 aromatic carbocycles. The molecule has 4 amide bonds. The number of hydrogen-bond acceptors (Lipinski definition) is 6. The average molecular weight is 504 g/mol. The van der Waals surface area contributed by atoms with Crippen LogP contribution in [0.4, 0.5) is 4.79 Å². The monoisotopic (exact) mass is 503 g/mol. The zero-order valence-electron chi connectivity index (χ0n) is 22.0. The van der Waals surface area contributed by atoms with Crippen LogP contribution in [-0.4, -0.2) is 69.1 Å². The van der Waals surface area contributed by atoms with Crippen LogP contribution in [0, 0.1) is 23.2 Å². The van der Waals surface area contributed by atoms with Gasteiger partial charge in [0, 0.05) is 12.1 Å². The van der Waals surface area contributed by atoms with Gasteiger partial charge in [-0.15, -0.1) is 0 Å². The van der Waals surface area contributed by atoms with Gasteiger partial charge in [0.25, 0.3) is 5.91 Å². The van der Waals surface area contributed by atoms with Crippen molar-refractivity contribution >= 4 is 29.6 Å². The Morgan fingerprint density at radius 1 is 1.06 bits per heavy atom. The van der Waals surface area contributed by atoms with Gasteiger partial charge in [-0.25, -0.2) is 0 Å². The van der Waals surface area contributed by atoms with Gasteiger partial charge in [-0.3, -0.25) is 19.2 Å². The fourth-order valence-electron chi connectivity index (χ4n) is 6.84. The lowest BCUT2D eigenvalue weighted by molar-refractivity contribution is -0.274. The lowest BCUT2D eigenvalue weighted by Crippen LogP contribution is -2.65. The fourth-order valence-corrected chi connectivity index (χ4v) is 6.84. The van der Waals surface area contributed by atoms with Crippen LogP contribution in [0.1, 0.15) is 79.6 Å². The summed E-state index contributed by atoms with van der Waals surface area (Å²) in [4.78, 5) is 66.8. The number of nitrogens with one attached hydrogen (secondary N) is 1. The Labute approximate surface area is 212 Å². The van der Waals surface area contributed by atoms with E-state index in [4.69, 9.17) is 5.73 Å². The molecule has 4 rings (SSSR count). The van der Waals surface area contributed by atoms with Crippen molar-refractivity contribution in [2.24, 2.45) is 28.9 Å². The number of piperidine rings is 1. The minimum Gasteiger partial charge on any atom is -0.530 e. The molecule has 4 unspecified atom stereocenters. The molecule has 3 saturated carbocycles. The number of ketones is 1. The maximum absolute atomic E-state index is 14.2. The summed E-state index contributed by atoms with van der Waals surface area (Å²) in [7, 11) is 0. The molecule has 4 aliphatic rings. The van der Waals surface area contributed by atoms with E-state index in [0.29, 0.717) is 19.4 Å². The van der Waals surface area contributed by atoms with Crippen LogP contribution in [0.15, 0.2) is 0 Å². The third-order valence-corrected chi connectivity index (χ3v) is 9.08. The molecule has 0 radical (unpaired) electrons. The largest absolute Gasteiger partial charge is 0.530 e. The number of carbonyl (C=O) groups excluding carboxylic acids is 5. The number of primary amides is 1. The molecule has 4 fully saturated rings. The number of rotatable bonds is 7. The van der Waals surface area contributed by atoms with Crippen LogP contribution in [0.25, 0.3) is 0 Å². The first-order chi connectivity index (χ1) is 16.6. The van der Waals surface area contributed by atoms with Crippen LogP contribution in [-0.2, 0) is 19.2 Å². The second-order valence-electron chi connectivity index (χ2n) is 12.8. The zero-order chi connectivity index (χ0) is 26.8. The number of Topliss-reactive ketones (excluding diaryl/α,β-unsaturated/α-hetero) is 1. The third kappa shape index (κ3) is 4.36. The SMILES string of the molecule is CC1(C)C2CN(C(=O)C(C3CCCCC3)N(C(=O)[O-])C(C)(C)C)C(C(=O)NC3(C(=O)C(N)=O)CC3)C21. The number of nitrogens with zero attached hydrogens (tertiary/aromatic N) is 2. The molecule has 36 heavy (non-hydrogen) atoms. The highest BCUT2D eigenvalue weighted by Crippen LogP contribution is 2.65. The van der Waals surface area contributed by atoms with Gasteiger partial charge in [0.15, 0.2) is 0 Å². The second-order valence-corrected chi connectivity index (χ2v) is 12.8. The third-order valence-electron chi connectivity index (χ3n) is 9.08. The van der Waals surface area contributed by atoms with Gasteiger partial charge in [0.1, 0.15) is 23.7 Å². The average Bonchev–Trinajstić information content (AvgIpc) is 3.59. The molecule has 3 aliphatic carbocycles. The molecular weight excluding hydrogens is 464 g/mol.